The third-order valence-corrected chi connectivity index (χ3v) is 5.71. The zero-order valence-electron chi connectivity index (χ0n) is 17.6. The van der Waals surface area contributed by atoms with E-state index in [4.69, 9.17) is 0 Å². The van der Waals surface area contributed by atoms with Crippen molar-refractivity contribution in [2.75, 3.05) is 49.6 Å². The molecule has 5 nitrogen and oxygen atoms in total. The molecule has 1 saturated heterocycles. The van der Waals surface area contributed by atoms with Crippen molar-refractivity contribution in [1.82, 2.24) is 9.88 Å². The number of pyridine rings is 1. The first-order valence-electron chi connectivity index (χ1n) is 10.3. The molecule has 0 bridgehead atoms. The number of rotatable bonds is 6. The maximum Gasteiger partial charge on any atom is 0.255 e. The van der Waals surface area contributed by atoms with Crippen molar-refractivity contribution in [2.45, 2.75) is 33.6 Å². The number of anilines is 2. The molecule has 1 aromatic carbocycles. The van der Waals surface area contributed by atoms with Crippen LogP contribution in [0.5, 0.6) is 0 Å². The number of benzene rings is 1. The normalized spacial score (nSPS) is 14.3. The molecule has 28 heavy (non-hydrogen) atoms. The molecule has 2 heterocycles. The fraction of sp³-hybridized carbons (Fsp3) is 0.478. The molecule has 1 amide bonds. The van der Waals surface area contributed by atoms with Crippen LogP contribution in [0.1, 0.15) is 41.3 Å². The van der Waals surface area contributed by atoms with Crippen molar-refractivity contribution < 1.29 is 4.79 Å². The van der Waals surface area contributed by atoms with Gasteiger partial charge in [-0.2, -0.15) is 0 Å². The summed E-state index contributed by atoms with van der Waals surface area (Å²) in [6, 6.07) is 10.4. The van der Waals surface area contributed by atoms with Gasteiger partial charge in [-0.1, -0.05) is 25.5 Å². The van der Waals surface area contributed by atoms with Crippen molar-refractivity contribution in [1.29, 1.82) is 0 Å². The molecule has 0 N–H and O–H groups in total. The highest BCUT2D eigenvalue weighted by Crippen LogP contribution is 2.25. The average Bonchev–Trinajstić information content (AvgIpc) is 2.73. The van der Waals surface area contributed by atoms with Gasteiger partial charge in [0.1, 0.15) is 5.82 Å². The van der Waals surface area contributed by atoms with E-state index in [0.717, 1.165) is 51.4 Å². The maximum absolute atomic E-state index is 12.5. The van der Waals surface area contributed by atoms with Gasteiger partial charge in [0.25, 0.3) is 5.91 Å². The minimum Gasteiger partial charge on any atom is -0.368 e. The van der Waals surface area contributed by atoms with Gasteiger partial charge < -0.3 is 14.7 Å². The smallest absolute Gasteiger partial charge is 0.255 e. The van der Waals surface area contributed by atoms with Gasteiger partial charge in [0, 0.05) is 51.7 Å². The van der Waals surface area contributed by atoms with E-state index in [9.17, 15) is 4.79 Å². The zero-order chi connectivity index (χ0) is 20.1. The summed E-state index contributed by atoms with van der Waals surface area (Å²) in [4.78, 5) is 23.6. The third kappa shape index (κ3) is 4.46. The maximum atomic E-state index is 12.5. The predicted octanol–water partition coefficient (Wildman–Crippen LogP) is 3.90. The molecular formula is C23H32N4O. The number of hydrogen-bond acceptors (Lipinski definition) is 4. The third-order valence-electron chi connectivity index (χ3n) is 5.71. The molecule has 0 radical (unpaired) electrons. The van der Waals surface area contributed by atoms with Crippen LogP contribution in [0.3, 0.4) is 0 Å². The Labute approximate surface area is 169 Å². The van der Waals surface area contributed by atoms with Gasteiger partial charge >= 0.3 is 0 Å². The van der Waals surface area contributed by atoms with Crippen LogP contribution >= 0.6 is 0 Å². The number of hydrogen-bond donors (Lipinski definition) is 0. The summed E-state index contributed by atoms with van der Waals surface area (Å²) in [5.41, 5.74) is 4.70. The standard InChI is InChI=1S/C23H32N4O/c1-5-6-12-25(4)23(28)20-10-11-22(24-17-20)27-15-13-26(14-16-27)21-9-7-8-18(2)19(21)3/h7-11,17H,5-6,12-16H2,1-4H3. The Hall–Kier alpha value is -2.56. The molecule has 150 valence electrons. The minimum atomic E-state index is 0.0484. The number of aryl methyl sites for hydroxylation is 1. The Morgan fingerprint density at radius 3 is 2.43 bits per heavy atom. The first-order chi connectivity index (χ1) is 13.5. The van der Waals surface area contributed by atoms with Crippen molar-refractivity contribution in [3.8, 4) is 0 Å². The Bertz CT molecular complexity index is 795. The Balaban J connectivity index is 1.60. The van der Waals surface area contributed by atoms with Gasteiger partial charge in [0.2, 0.25) is 0 Å². The highest BCUT2D eigenvalue weighted by molar-refractivity contribution is 5.93. The molecule has 0 saturated carbocycles. The molecule has 3 rings (SSSR count). The Morgan fingerprint density at radius 1 is 1.07 bits per heavy atom. The molecule has 0 spiro atoms. The van der Waals surface area contributed by atoms with Crippen LogP contribution in [0.25, 0.3) is 0 Å². The number of unbranched alkanes of at least 4 members (excludes halogenated alkanes) is 1. The zero-order valence-corrected chi connectivity index (χ0v) is 17.6. The summed E-state index contributed by atoms with van der Waals surface area (Å²) in [6.45, 7) is 11.1. The molecule has 2 aromatic rings. The summed E-state index contributed by atoms with van der Waals surface area (Å²) in [7, 11) is 1.86. The monoisotopic (exact) mass is 380 g/mol. The van der Waals surface area contributed by atoms with E-state index in [0.29, 0.717) is 5.56 Å². The van der Waals surface area contributed by atoms with Crippen molar-refractivity contribution in [2.24, 2.45) is 0 Å². The summed E-state index contributed by atoms with van der Waals surface area (Å²) >= 11 is 0. The summed E-state index contributed by atoms with van der Waals surface area (Å²) < 4.78 is 0. The van der Waals surface area contributed by atoms with E-state index in [1.165, 1.54) is 16.8 Å². The van der Waals surface area contributed by atoms with Crippen LogP contribution in [0.4, 0.5) is 11.5 Å². The number of carbonyl (C=O) groups excluding carboxylic acids is 1. The van der Waals surface area contributed by atoms with Crippen molar-refractivity contribution >= 4 is 17.4 Å². The van der Waals surface area contributed by atoms with Crippen LogP contribution in [-0.4, -0.2) is 55.6 Å². The number of carbonyl (C=O) groups is 1. The van der Waals surface area contributed by atoms with E-state index in [-0.39, 0.29) is 5.91 Å². The fourth-order valence-electron chi connectivity index (χ4n) is 3.67. The van der Waals surface area contributed by atoms with Gasteiger partial charge in [-0.05, 0) is 49.6 Å². The second-order valence-electron chi connectivity index (χ2n) is 7.68. The van der Waals surface area contributed by atoms with E-state index in [1.54, 1.807) is 11.1 Å². The Kier molecular flexibility index (Phi) is 6.55. The molecule has 1 aliphatic rings. The fourth-order valence-corrected chi connectivity index (χ4v) is 3.67. The lowest BCUT2D eigenvalue weighted by atomic mass is 10.1. The SMILES string of the molecule is CCCCN(C)C(=O)c1ccc(N2CCN(c3cccc(C)c3C)CC2)nc1. The topological polar surface area (TPSA) is 39.7 Å². The van der Waals surface area contributed by atoms with Gasteiger partial charge in [0.05, 0.1) is 5.56 Å². The molecule has 0 atom stereocenters. The van der Waals surface area contributed by atoms with Crippen LogP contribution in [0.2, 0.25) is 0 Å². The number of amides is 1. The second kappa shape index (κ2) is 9.09. The first-order valence-corrected chi connectivity index (χ1v) is 10.3. The van der Waals surface area contributed by atoms with Crippen LogP contribution in [-0.2, 0) is 0 Å². The predicted molar refractivity (Wildman–Crippen MR) is 116 cm³/mol. The van der Waals surface area contributed by atoms with Crippen molar-refractivity contribution in [3.63, 3.8) is 0 Å². The highest BCUT2D eigenvalue weighted by atomic mass is 16.2. The Morgan fingerprint density at radius 2 is 1.79 bits per heavy atom. The van der Waals surface area contributed by atoms with Gasteiger partial charge in [-0.15, -0.1) is 0 Å². The quantitative estimate of drug-likeness (QED) is 0.762. The molecule has 1 fully saturated rings. The van der Waals surface area contributed by atoms with Gasteiger partial charge in [-0.3, -0.25) is 4.79 Å². The molecule has 1 aromatic heterocycles. The van der Waals surface area contributed by atoms with E-state index >= 15 is 0 Å². The first kappa shape index (κ1) is 20.2. The lowest BCUT2D eigenvalue weighted by Gasteiger charge is -2.37. The largest absolute Gasteiger partial charge is 0.368 e. The lowest BCUT2D eigenvalue weighted by molar-refractivity contribution is 0.0793. The van der Waals surface area contributed by atoms with E-state index in [2.05, 4.69) is 53.8 Å². The van der Waals surface area contributed by atoms with Crippen LogP contribution in [0, 0.1) is 13.8 Å². The highest BCUT2D eigenvalue weighted by Gasteiger charge is 2.20. The number of aromatic nitrogens is 1. The molecule has 1 aliphatic heterocycles. The van der Waals surface area contributed by atoms with Gasteiger partial charge in [0.15, 0.2) is 0 Å². The molecule has 5 heteroatoms. The van der Waals surface area contributed by atoms with E-state index < -0.39 is 0 Å². The van der Waals surface area contributed by atoms with Crippen LogP contribution in [0.15, 0.2) is 36.5 Å². The molecule has 0 aliphatic carbocycles. The average molecular weight is 381 g/mol. The summed E-state index contributed by atoms with van der Waals surface area (Å²) in [5.74, 6) is 1.00. The summed E-state index contributed by atoms with van der Waals surface area (Å²) in [6.07, 6.45) is 3.83. The van der Waals surface area contributed by atoms with Crippen LogP contribution < -0.4 is 9.80 Å². The number of nitrogens with zero attached hydrogens (tertiary/aromatic N) is 4. The van der Waals surface area contributed by atoms with E-state index in [1.807, 2.05) is 19.2 Å². The van der Waals surface area contributed by atoms with Crippen molar-refractivity contribution in [3.05, 3.63) is 53.2 Å². The summed E-state index contributed by atoms with van der Waals surface area (Å²) in [5, 5.41) is 0. The molecule has 0 unspecified atom stereocenters. The molecular weight excluding hydrogens is 348 g/mol. The lowest BCUT2D eigenvalue weighted by Crippen LogP contribution is -2.47. The minimum absolute atomic E-state index is 0.0484. The number of piperazine rings is 1. The second-order valence-corrected chi connectivity index (χ2v) is 7.68. The van der Waals surface area contributed by atoms with Gasteiger partial charge in [-0.25, -0.2) is 4.98 Å².